The second-order valence-corrected chi connectivity index (χ2v) is 6.18. The highest BCUT2D eigenvalue weighted by atomic mass is 32.2. The smallest absolute Gasteiger partial charge is 0.243 e. The normalized spacial score (nSPS) is 20.2. The van der Waals surface area contributed by atoms with Gasteiger partial charge in [0.2, 0.25) is 17.8 Å². The monoisotopic (exact) mass is 311 g/mol. The SMILES string of the molecule is NNc1nc(N2CCOCC2)nc(N2CCCSCC2)n1. The van der Waals surface area contributed by atoms with Crippen LogP contribution in [0.25, 0.3) is 0 Å². The van der Waals surface area contributed by atoms with Crippen molar-refractivity contribution in [2.75, 3.05) is 66.1 Å². The van der Waals surface area contributed by atoms with Crippen LogP contribution in [0.5, 0.6) is 0 Å². The first kappa shape index (κ1) is 14.6. The zero-order chi connectivity index (χ0) is 14.5. The number of rotatable bonds is 3. The van der Waals surface area contributed by atoms with E-state index in [1.54, 1.807) is 0 Å². The fourth-order valence-corrected chi connectivity index (χ4v) is 3.30. The third kappa shape index (κ3) is 3.66. The van der Waals surface area contributed by atoms with Crippen LogP contribution in [0.15, 0.2) is 0 Å². The van der Waals surface area contributed by atoms with E-state index in [4.69, 9.17) is 10.6 Å². The van der Waals surface area contributed by atoms with Crippen LogP contribution in [0.3, 0.4) is 0 Å². The molecule has 0 spiro atoms. The van der Waals surface area contributed by atoms with E-state index in [-0.39, 0.29) is 0 Å². The van der Waals surface area contributed by atoms with Crippen LogP contribution < -0.4 is 21.1 Å². The molecule has 2 aliphatic heterocycles. The molecule has 116 valence electrons. The van der Waals surface area contributed by atoms with Crippen molar-refractivity contribution < 1.29 is 4.74 Å². The van der Waals surface area contributed by atoms with Gasteiger partial charge in [0.15, 0.2) is 0 Å². The number of hydrogen-bond donors (Lipinski definition) is 2. The first-order valence-electron chi connectivity index (χ1n) is 7.25. The van der Waals surface area contributed by atoms with E-state index in [0.29, 0.717) is 31.1 Å². The summed E-state index contributed by atoms with van der Waals surface area (Å²) in [6.07, 6.45) is 1.15. The minimum Gasteiger partial charge on any atom is -0.378 e. The minimum atomic E-state index is 0.415. The number of nitrogen functional groups attached to an aromatic ring is 1. The summed E-state index contributed by atoms with van der Waals surface area (Å²) in [6.45, 7) is 4.93. The molecule has 0 saturated carbocycles. The number of nitrogens with two attached hydrogens (primary N) is 1. The molecule has 0 aromatic carbocycles. The molecule has 0 atom stereocenters. The highest BCUT2D eigenvalue weighted by molar-refractivity contribution is 7.99. The van der Waals surface area contributed by atoms with Crippen LogP contribution in [0.4, 0.5) is 17.8 Å². The lowest BCUT2D eigenvalue weighted by molar-refractivity contribution is 0.122. The first-order chi connectivity index (χ1) is 10.4. The van der Waals surface area contributed by atoms with E-state index in [1.165, 1.54) is 5.75 Å². The number of thioether (sulfide) groups is 1. The number of anilines is 3. The van der Waals surface area contributed by atoms with Gasteiger partial charge in [0.25, 0.3) is 0 Å². The van der Waals surface area contributed by atoms with Crippen LogP contribution in [0, 0.1) is 0 Å². The molecule has 8 nitrogen and oxygen atoms in total. The molecule has 0 unspecified atom stereocenters. The molecule has 21 heavy (non-hydrogen) atoms. The summed E-state index contributed by atoms with van der Waals surface area (Å²) in [4.78, 5) is 17.8. The molecule has 3 N–H and O–H groups in total. The number of hydrazine groups is 1. The molecule has 0 amide bonds. The van der Waals surface area contributed by atoms with Crippen LogP contribution in [0.2, 0.25) is 0 Å². The Kier molecular flexibility index (Phi) is 4.94. The molecule has 0 bridgehead atoms. The zero-order valence-electron chi connectivity index (χ0n) is 12.0. The molecule has 1 aromatic heterocycles. The molecule has 2 saturated heterocycles. The molecule has 0 radical (unpaired) electrons. The Labute approximate surface area is 128 Å². The van der Waals surface area contributed by atoms with Crippen LogP contribution >= 0.6 is 11.8 Å². The van der Waals surface area contributed by atoms with Gasteiger partial charge >= 0.3 is 0 Å². The summed E-state index contributed by atoms with van der Waals surface area (Å²) in [5.74, 6) is 9.60. The van der Waals surface area contributed by atoms with E-state index in [0.717, 1.165) is 38.4 Å². The van der Waals surface area contributed by atoms with E-state index in [2.05, 4.69) is 30.2 Å². The lowest BCUT2D eigenvalue weighted by Gasteiger charge is -2.28. The molecule has 1 aromatic rings. The van der Waals surface area contributed by atoms with Crippen molar-refractivity contribution in [3.8, 4) is 0 Å². The molecule has 0 aliphatic carbocycles. The Morgan fingerprint density at radius 2 is 1.67 bits per heavy atom. The molecule has 3 rings (SSSR count). The zero-order valence-corrected chi connectivity index (χ0v) is 12.8. The predicted molar refractivity (Wildman–Crippen MR) is 84.8 cm³/mol. The number of nitrogens with one attached hydrogen (secondary N) is 1. The van der Waals surface area contributed by atoms with Crippen molar-refractivity contribution in [3.05, 3.63) is 0 Å². The quantitative estimate of drug-likeness (QED) is 0.588. The summed E-state index contributed by atoms with van der Waals surface area (Å²) in [5.41, 5.74) is 2.55. The molecule has 2 fully saturated rings. The van der Waals surface area contributed by atoms with Crippen LogP contribution in [-0.4, -0.2) is 65.9 Å². The average Bonchev–Trinajstić information content (AvgIpc) is 2.84. The summed E-state index contributed by atoms with van der Waals surface area (Å²) in [7, 11) is 0. The van der Waals surface area contributed by atoms with Gasteiger partial charge in [-0.15, -0.1) is 0 Å². The van der Waals surface area contributed by atoms with Crippen molar-refractivity contribution in [1.82, 2.24) is 15.0 Å². The van der Waals surface area contributed by atoms with E-state index in [9.17, 15) is 0 Å². The fraction of sp³-hybridized carbons (Fsp3) is 0.750. The van der Waals surface area contributed by atoms with Crippen molar-refractivity contribution in [1.29, 1.82) is 0 Å². The Bertz CT molecular complexity index is 461. The predicted octanol–water partition coefficient (Wildman–Crippen LogP) is -0.0629. The molecule has 9 heteroatoms. The van der Waals surface area contributed by atoms with Crippen LogP contribution in [0.1, 0.15) is 6.42 Å². The highest BCUT2D eigenvalue weighted by Gasteiger charge is 2.19. The number of ether oxygens (including phenoxy) is 1. The Morgan fingerprint density at radius 3 is 2.38 bits per heavy atom. The molecular weight excluding hydrogens is 290 g/mol. The van der Waals surface area contributed by atoms with Gasteiger partial charge in [-0.1, -0.05) is 0 Å². The number of morpholine rings is 1. The Morgan fingerprint density at radius 1 is 0.952 bits per heavy atom. The largest absolute Gasteiger partial charge is 0.378 e. The molecule has 2 aliphatic rings. The summed E-state index contributed by atoms with van der Waals surface area (Å²) in [6, 6.07) is 0. The number of nitrogens with zero attached hydrogens (tertiary/aromatic N) is 5. The Hall–Kier alpha value is -1.32. The molecular formula is C12H21N7OS. The van der Waals surface area contributed by atoms with Crippen molar-refractivity contribution in [2.24, 2.45) is 5.84 Å². The van der Waals surface area contributed by atoms with E-state index >= 15 is 0 Å². The highest BCUT2D eigenvalue weighted by Crippen LogP contribution is 2.20. The molecule has 3 heterocycles. The maximum absolute atomic E-state index is 5.51. The van der Waals surface area contributed by atoms with Gasteiger partial charge in [0.05, 0.1) is 13.2 Å². The maximum Gasteiger partial charge on any atom is 0.243 e. The summed E-state index contributed by atoms with van der Waals surface area (Å²) < 4.78 is 5.37. The topological polar surface area (TPSA) is 92.4 Å². The second kappa shape index (κ2) is 7.10. The van der Waals surface area contributed by atoms with Crippen molar-refractivity contribution in [3.63, 3.8) is 0 Å². The third-order valence-electron chi connectivity index (χ3n) is 3.54. The number of hydrogen-bond acceptors (Lipinski definition) is 9. The second-order valence-electron chi connectivity index (χ2n) is 4.96. The lowest BCUT2D eigenvalue weighted by Crippen LogP contribution is -2.38. The first-order valence-corrected chi connectivity index (χ1v) is 8.40. The minimum absolute atomic E-state index is 0.415. The van der Waals surface area contributed by atoms with E-state index < -0.39 is 0 Å². The van der Waals surface area contributed by atoms with Gasteiger partial charge in [-0.05, 0) is 12.2 Å². The van der Waals surface area contributed by atoms with Gasteiger partial charge in [-0.3, -0.25) is 5.43 Å². The van der Waals surface area contributed by atoms with Gasteiger partial charge in [0, 0.05) is 31.9 Å². The lowest BCUT2D eigenvalue weighted by atomic mass is 10.4. The van der Waals surface area contributed by atoms with Crippen LogP contribution in [-0.2, 0) is 4.74 Å². The standard InChI is InChI=1S/C12H21N7OS/c13-17-10-14-11(18-2-1-8-21-9-5-18)16-12(15-10)19-3-6-20-7-4-19/h1-9,13H2,(H,14,15,16,17). The maximum atomic E-state index is 5.51. The van der Waals surface area contributed by atoms with Gasteiger partial charge in [-0.25, -0.2) is 5.84 Å². The van der Waals surface area contributed by atoms with Gasteiger partial charge < -0.3 is 14.5 Å². The van der Waals surface area contributed by atoms with Crippen molar-refractivity contribution in [2.45, 2.75) is 6.42 Å². The summed E-state index contributed by atoms with van der Waals surface area (Å²) >= 11 is 1.98. The van der Waals surface area contributed by atoms with Crippen molar-refractivity contribution >= 4 is 29.6 Å². The Balaban J connectivity index is 1.84. The fourth-order valence-electron chi connectivity index (χ4n) is 2.41. The van der Waals surface area contributed by atoms with Gasteiger partial charge in [0.1, 0.15) is 0 Å². The summed E-state index contributed by atoms with van der Waals surface area (Å²) in [5, 5.41) is 0. The van der Waals surface area contributed by atoms with E-state index in [1.807, 2.05) is 11.8 Å². The van der Waals surface area contributed by atoms with Gasteiger partial charge in [-0.2, -0.15) is 26.7 Å². The number of aromatic nitrogens is 3. The third-order valence-corrected chi connectivity index (χ3v) is 4.59. The average molecular weight is 311 g/mol.